The second kappa shape index (κ2) is 13.8. The molecule has 60 heavy (non-hydrogen) atoms. The number of fused-ring (bicyclic) bond motifs is 8. The number of benzene rings is 9. The molecule has 3 aromatic heterocycles. The first-order chi connectivity index (χ1) is 29.7. The molecule has 0 aliphatic rings. The monoisotopic (exact) mass is 765 g/mol. The average Bonchev–Trinajstić information content (AvgIpc) is 3.85. The summed E-state index contributed by atoms with van der Waals surface area (Å²) in [5, 5.41) is 7.35. The maximum atomic E-state index is 5.06. The van der Waals surface area contributed by atoms with E-state index in [1.807, 2.05) is 60.7 Å². The average molecular weight is 766 g/mol. The molecular weight excluding hydrogens is 731 g/mol. The Labute approximate surface area is 346 Å². The quantitative estimate of drug-likeness (QED) is 0.169. The second-order valence-corrected chi connectivity index (χ2v) is 15.3. The van der Waals surface area contributed by atoms with Gasteiger partial charge in [-0.2, -0.15) is 0 Å². The highest BCUT2D eigenvalue weighted by Crippen LogP contribution is 2.41. The van der Waals surface area contributed by atoms with Gasteiger partial charge in [-0.15, -0.1) is 0 Å². The fourth-order valence-corrected chi connectivity index (χ4v) is 8.98. The van der Waals surface area contributed by atoms with E-state index >= 15 is 0 Å². The van der Waals surface area contributed by atoms with E-state index in [-0.39, 0.29) is 0 Å². The number of hydrogen-bond acceptors (Lipinski definition) is 3. The van der Waals surface area contributed by atoms with Crippen molar-refractivity contribution in [2.24, 2.45) is 0 Å². The normalized spacial score (nSPS) is 11.7. The number of para-hydroxylation sites is 2. The first-order valence-corrected chi connectivity index (χ1v) is 20.3. The molecule has 0 saturated heterocycles. The van der Waals surface area contributed by atoms with E-state index in [1.54, 1.807) is 0 Å². The minimum Gasteiger partial charge on any atom is -0.309 e. The van der Waals surface area contributed by atoms with Gasteiger partial charge in [-0.1, -0.05) is 152 Å². The third-order valence-corrected chi connectivity index (χ3v) is 11.7. The van der Waals surface area contributed by atoms with Crippen LogP contribution < -0.4 is 0 Å². The van der Waals surface area contributed by atoms with Gasteiger partial charge < -0.3 is 9.13 Å². The predicted octanol–water partition coefficient (Wildman–Crippen LogP) is 13.9. The highest BCUT2D eigenvalue weighted by molar-refractivity contribution is 6.22. The lowest BCUT2D eigenvalue weighted by Gasteiger charge is -2.12. The van der Waals surface area contributed by atoms with Crippen LogP contribution in [0.4, 0.5) is 0 Å². The van der Waals surface area contributed by atoms with Gasteiger partial charge in [0.05, 0.1) is 22.1 Å². The van der Waals surface area contributed by atoms with Crippen molar-refractivity contribution in [2.45, 2.75) is 0 Å². The zero-order chi connectivity index (χ0) is 39.6. The fourth-order valence-electron chi connectivity index (χ4n) is 8.98. The molecule has 0 aliphatic carbocycles. The van der Waals surface area contributed by atoms with Gasteiger partial charge in [0.25, 0.3) is 0 Å². The number of hydrogen-bond donors (Lipinski definition) is 0. The molecular formula is C55H35N5. The van der Waals surface area contributed by atoms with Gasteiger partial charge in [-0.3, -0.25) is 0 Å². The summed E-state index contributed by atoms with van der Waals surface area (Å²) < 4.78 is 4.76. The molecule has 0 spiro atoms. The summed E-state index contributed by atoms with van der Waals surface area (Å²) in [4.78, 5) is 15.1. The van der Waals surface area contributed by atoms with Gasteiger partial charge >= 0.3 is 0 Å². The minimum absolute atomic E-state index is 0.627. The van der Waals surface area contributed by atoms with Gasteiger partial charge in [0.2, 0.25) is 0 Å². The van der Waals surface area contributed by atoms with Crippen LogP contribution in [-0.4, -0.2) is 24.1 Å². The van der Waals surface area contributed by atoms with Gasteiger partial charge in [-0.25, -0.2) is 15.0 Å². The van der Waals surface area contributed by atoms with Crippen molar-refractivity contribution in [1.82, 2.24) is 24.1 Å². The fraction of sp³-hybridized carbons (Fsp3) is 0. The van der Waals surface area contributed by atoms with Gasteiger partial charge in [-0.05, 0) is 82.6 Å². The molecule has 12 rings (SSSR count). The third kappa shape index (κ3) is 5.52. The Morgan fingerprint density at radius 1 is 0.267 bits per heavy atom. The van der Waals surface area contributed by atoms with E-state index in [1.165, 1.54) is 54.5 Å². The molecule has 12 aromatic rings. The van der Waals surface area contributed by atoms with Crippen molar-refractivity contribution in [3.8, 4) is 56.7 Å². The van der Waals surface area contributed by atoms with Gasteiger partial charge in [0.15, 0.2) is 17.5 Å². The first-order valence-electron chi connectivity index (χ1n) is 20.3. The van der Waals surface area contributed by atoms with Crippen molar-refractivity contribution in [3.05, 3.63) is 212 Å². The molecule has 0 atom stereocenters. The molecule has 5 nitrogen and oxygen atoms in total. The van der Waals surface area contributed by atoms with Gasteiger partial charge in [0.1, 0.15) is 0 Å². The number of nitrogens with zero attached hydrogens (tertiary/aromatic N) is 5. The van der Waals surface area contributed by atoms with Crippen LogP contribution in [0.5, 0.6) is 0 Å². The van der Waals surface area contributed by atoms with E-state index in [9.17, 15) is 0 Å². The second-order valence-electron chi connectivity index (χ2n) is 15.3. The maximum absolute atomic E-state index is 5.06. The van der Waals surface area contributed by atoms with Crippen molar-refractivity contribution in [2.75, 3.05) is 0 Å². The van der Waals surface area contributed by atoms with Crippen molar-refractivity contribution in [1.29, 1.82) is 0 Å². The molecule has 5 heteroatoms. The standard InChI is InChI=1S/C55H35N5/c1-4-16-37(17-5-1)53-56-54(38-18-6-2-7-19-38)58-55(57-53)41-20-14-23-43(33-41)60-50-31-29-40(35-47(50)52-44-24-11-10-15-36(44)27-32-51(52)60)39-28-30-49-46(34-39)45-25-12-13-26-48(45)59(49)42-21-8-3-9-22-42/h1-35H. The van der Waals surface area contributed by atoms with Crippen molar-refractivity contribution >= 4 is 54.4 Å². The lowest BCUT2D eigenvalue weighted by molar-refractivity contribution is 1.07. The molecule has 0 radical (unpaired) electrons. The van der Waals surface area contributed by atoms with E-state index in [0.29, 0.717) is 17.5 Å². The molecule has 3 heterocycles. The molecule has 0 N–H and O–H groups in total. The number of aromatic nitrogens is 5. The predicted molar refractivity (Wildman–Crippen MR) is 248 cm³/mol. The topological polar surface area (TPSA) is 48.5 Å². The summed E-state index contributed by atoms with van der Waals surface area (Å²) in [5.74, 6) is 1.91. The molecule has 0 unspecified atom stereocenters. The van der Waals surface area contributed by atoms with Crippen LogP contribution in [0.25, 0.3) is 111 Å². The maximum Gasteiger partial charge on any atom is 0.164 e. The minimum atomic E-state index is 0.627. The zero-order valence-corrected chi connectivity index (χ0v) is 32.4. The third-order valence-electron chi connectivity index (χ3n) is 11.7. The molecule has 9 aromatic carbocycles. The summed E-state index contributed by atoms with van der Waals surface area (Å²) in [5.41, 5.74) is 12.0. The Morgan fingerprint density at radius 2 is 0.750 bits per heavy atom. The smallest absolute Gasteiger partial charge is 0.164 e. The van der Waals surface area contributed by atoms with Crippen molar-refractivity contribution < 1.29 is 0 Å². The Kier molecular flexibility index (Phi) is 7.78. The van der Waals surface area contributed by atoms with Gasteiger partial charge in [0, 0.05) is 49.6 Å². The van der Waals surface area contributed by atoms with Crippen LogP contribution in [-0.2, 0) is 0 Å². The Bertz CT molecular complexity index is 3530. The highest BCUT2D eigenvalue weighted by Gasteiger charge is 2.19. The van der Waals surface area contributed by atoms with Crippen LogP contribution in [0.15, 0.2) is 212 Å². The zero-order valence-electron chi connectivity index (χ0n) is 32.4. The molecule has 0 saturated carbocycles. The van der Waals surface area contributed by atoms with Crippen molar-refractivity contribution in [3.63, 3.8) is 0 Å². The Balaban J connectivity index is 1.04. The van der Waals surface area contributed by atoms with E-state index in [0.717, 1.165) is 39.1 Å². The van der Waals surface area contributed by atoms with Crippen LogP contribution >= 0.6 is 0 Å². The largest absolute Gasteiger partial charge is 0.309 e. The summed E-state index contributed by atoms with van der Waals surface area (Å²) in [7, 11) is 0. The summed E-state index contributed by atoms with van der Waals surface area (Å²) in [6, 6.07) is 75.2. The SMILES string of the molecule is c1ccc(-c2nc(-c3ccccc3)nc(-c3cccc(-n4c5ccc(-c6ccc7c(c6)c6ccccc6n7-c6ccccc6)cc5c5c6ccccc6ccc54)c3)n2)cc1. The molecule has 0 amide bonds. The summed E-state index contributed by atoms with van der Waals surface area (Å²) >= 11 is 0. The van der Waals surface area contributed by atoms with Crippen LogP contribution in [0.3, 0.4) is 0 Å². The summed E-state index contributed by atoms with van der Waals surface area (Å²) in [6.45, 7) is 0. The number of rotatable bonds is 6. The van der Waals surface area contributed by atoms with Crippen LogP contribution in [0.1, 0.15) is 0 Å². The van der Waals surface area contributed by atoms with E-state index in [2.05, 4.69) is 161 Å². The van der Waals surface area contributed by atoms with Crippen LogP contribution in [0.2, 0.25) is 0 Å². The van der Waals surface area contributed by atoms with E-state index < -0.39 is 0 Å². The molecule has 0 aliphatic heterocycles. The first kappa shape index (κ1) is 33.9. The highest BCUT2D eigenvalue weighted by atomic mass is 15.0. The van der Waals surface area contributed by atoms with E-state index in [4.69, 9.17) is 15.0 Å². The lowest BCUT2D eigenvalue weighted by Crippen LogP contribution is -2.01. The molecule has 0 bridgehead atoms. The summed E-state index contributed by atoms with van der Waals surface area (Å²) in [6.07, 6.45) is 0. The Hall–Kier alpha value is -8.15. The molecule has 0 fully saturated rings. The van der Waals surface area contributed by atoms with Crippen LogP contribution in [0, 0.1) is 0 Å². The Morgan fingerprint density at radius 3 is 1.45 bits per heavy atom. The molecule has 280 valence electrons. The lowest BCUT2D eigenvalue weighted by atomic mass is 9.99.